The average molecular weight is 390 g/mol. The topological polar surface area (TPSA) is 15.3 Å². The van der Waals surface area contributed by atoms with Gasteiger partial charge in [-0.1, -0.05) is 19.8 Å². The summed E-state index contributed by atoms with van der Waals surface area (Å²) in [6, 6.07) is 2.80. The van der Waals surface area contributed by atoms with Crippen molar-refractivity contribution < 1.29 is 0 Å². The van der Waals surface area contributed by atoms with Gasteiger partial charge in [0.1, 0.15) is 0 Å². The van der Waals surface area contributed by atoms with Crippen LogP contribution in [0.15, 0.2) is 15.9 Å². The van der Waals surface area contributed by atoms with Crippen molar-refractivity contribution in [3.8, 4) is 0 Å². The zero-order valence-electron chi connectivity index (χ0n) is 11.2. The van der Waals surface area contributed by atoms with Gasteiger partial charge in [-0.3, -0.25) is 4.90 Å². The van der Waals surface area contributed by atoms with Crippen LogP contribution in [0.25, 0.3) is 0 Å². The third-order valence-corrected chi connectivity index (χ3v) is 5.34. The summed E-state index contributed by atoms with van der Waals surface area (Å²) in [6.45, 7) is 6.90. The van der Waals surface area contributed by atoms with Gasteiger partial charge in [0.15, 0.2) is 0 Å². The number of halogens is 3. The minimum atomic E-state index is 0. The van der Waals surface area contributed by atoms with Gasteiger partial charge >= 0.3 is 0 Å². The van der Waals surface area contributed by atoms with Gasteiger partial charge in [-0.15, -0.1) is 36.2 Å². The number of hydrogen-bond donors (Lipinski definition) is 1. The van der Waals surface area contributed by atoms with E-state index in [9.17, 15) is 0 Å². The molecule has 19 heavy (non-hydrogen) atoms. The molecule has 0 spiro atoms. The summed E-state index contributed by atoms with van der Waals surface area (Å²) in [5.41, 5.74) is 0. The van der Waals surface area contributed by atoms with Gasteiger partial charge in [-0.25, -0.2) is 0 Å². The molecular formula is C13H23BrCl2N2S. The summed E-state index contributed by atoms with van der Waals surface area (Å²) in [6.07, 6.45) is 3.89. The molecule has 2 heterocycles. The maximum Gasteiger partial charge on any atom is 0.0453 e. The van der Waals surface area contributed by atoms with E-state index in [0.29, 0.717) is 6.04 Å². The van der Waals surface area contributed by atoms with Crippen LogP contribution in [0.4, 0.5) is 0 Å². The third kappa shape index (κ3) is 5.52. The fourth-order valence-corrected chi connectivity index (χ4v) is 4.22. The predicted octanol–water partition coefficient (Wildman–Crippen LogP) is 4.49. The first-order valence-electron chi connectivity index (χ1n) is 6.50. The van der Waals surface area contributed by atoms with E-state index in [2.05, 4.69) is 44.5 Å². The van der Waals surface area contributed by atoms with Crippen LogP contribution in [0.3, 0.4) is 0 Å². The smallest absolute Gasteiger partial charge is 0.0453 e. The van der Waals surface area contributed by atoms with Crippen molar-refractivity contribution in [2.45, 2.75) is 32.2 Å². The lowest BCUT2D eigenvalue weighted by molar-refractivity contribution is 0.165. The molecular weight excluding hydrogens is 367 g/mol. The van der Waals surface area contributed by atoms with Crippen LogP contribution >= 0.6 is 52.1 Å². The van der Waals surface area contributed by atoms with Crippen LogP contribution < -0.4 is 5.32 Å². The van der Waals surface area contributed by atoms with Gasteiger partial charge in [0.2, 0.25) is 0 Å². The van der Waals surface area contributed by atoms with Gasteiger partial charge in [0.25, 0.3) is 0 Å². The Bertz CT molecular complexity index is 343. The molecule has 0 radical (unpaired) electrons. The molecule has 6 heteroatoms. The number of rotatable bonds is 5. The first kappa shape index (κ1) is 19.7. The van der Waals surface area contributed by atoms with E-state index >= 15 is 0 Å². The van der Waals surface area contributed by atoms with Crippen molar-refractivity contribution in [2.75, 3.05) is 26.2 Å². The zero-order chi connectivity index (χ0) is 12.1. The molecule has 1 aliphatic rings. The second kappa shape index (κ2) is 10.4. The zero-order valence-corrected chi connectivity index (χ0v) is 15.3. The highest BCUT2D eigenvalue weighted by molar-refractivity contribution is 9.10. The van der Waals surface area contributed by atoms with Crippen LogP contribution in [0.2, 0.25) is 0 Å². The van der Waals surface area contributed by atoms with E-state index < -0.39 is 0 Å². The molecule has 0 bridgehead atoms. The normalized spacial score (nSPS) is 17.4. The molecule has 1 N–H and O–H groups in total. The van der Waals surface area contributed by atoms with Gasteiger partial charge < -0.3 is 5.32 Å². The van der Waals surface area contributed by atoms with Crippen molar-refractivity contribution in [3.05, 3.63) is 20.8 Å². The van der Waals surface area contributed by atoms with Crippen LogP contribution in [-0.4, -0.2) is 31.1 Å². The highest BCUT2D eigenvalue weighted by Gasteiger charge is 2.24. The number of nitrogens with zero attached hydrogens (tertiary/aromatic N) is 1. The predicted molar refractivity (Wildman–Crippen MR) is 93.2 cm³/mol. The van der Waals surface area contributed by atoms with Gasteiger partial charge in [0.05, 0.1) is 0 Å². The lowest BCUT2D eigenvalue weighted by atomic mass is 10.1. The fraction of sp³-hybridized carbons (Fsp3) is 0.692. The van der Waals surface area contributed by atoms with Crippen LogP contribution in [0, 0.1) is 0 Å². The largest absolute Gasteiger partial charge is 0.314 e. The molecule has 1 fully saturated rings. The summed E-state index contributed by atoms with van der Waals surface area (Å²) in [5.74, 6) is 0. The van der Waals surface area contributed by atoms with Gasteiger partial charge in [-0.05, 0) is 33.8 Å². The highest BCUT2D eigenvalue weighted by Crippen LogP contribution is 2.35. The Morgan fingerprint density at radius 2 is 2.05 bits per heavy atom. The molecule has 1 atom stereocenters. The molecule has 1 aromatic rings. The third-order valence-electron chi connectivity index (χ3n) is 3.37. The molecule has 2 nitrogen and oxygen atoms in total. The molecule has 1 saturated heterocycles. The first-order valence-corrected chi connectivity index (χ1v) is 8.18. The maximum atomic E-state index is 3.69. The number of piperazine rings is 1. The van der Waals surface area contributed by atoms with Gasteiger partial charge in [-0.2, -0.15) is 0 Å². The van der Waals surface area contributed by atoms with Crippen LogP contribution in [0.1, 0.15) is 37.1 Å². The number of nitrogens with one attached hydrogen (secondary N) is 1. The molecule has 1 aromatic heterocycles. The molecule has 112 valence electrons. The highest BCUT2D eigenvalue weighted by atomic mass is 79.9. The Morgan fingerprint density at radius 1 is 1.37 bits per heavy atom. The molecule has 2 rings (SSSR count). The monoisotopic (exact) mass is 388 g/mol. The quantitative estimate of drug-likeness (QED) is 0.797. The Hall–Kier alpha value is 0.680. The molecule has 1 aliphatic heterocycles. The fourth-order valence-electron chi connectivity index (χ4n) is 2.41. The van der Waals surface area contributed by atoms with Crippen molar-refractivity contribution in [3.63, 3.8) is 0 Å². The Balaban J connectivity index is 0.00000162. The van der Waals surface area contributed by atoms with Crippen molar-refractivity contribution in [1.82, 2.24) is 10.2 Å². The molecule has 0 unspecified atom stereocenters. The summed E-state index contributed by atoms with van der Waals surface area (Å²) >= 11 is 5.59. The SMILES string of the molecule is CCCC[C@@H](c1sccc1Br)N1CCNCC1.Cl.Cl. The van der Waals surface area contributed by atoms with E-state index in [1.807, 2.05) is 11.3 Å². The maximum absolute atomic E-state index is 3.69. The Morgan fingerprint density at radius 3 is 2.58 bits per heavy atom. The van der Waals surface area contributed by atoms with Crippen molar-refractivity contribution >= 4 is 52.1 Å². The molecule has 0 amide bonds. The van der Waals surface area contributed by atoms with Crippen LogP contribution in [0.5, 0.6) is 0 Å². The molecule has 0 aliphatic carbocycles. The Labute approximate surface area is 141 Å². The number of thiophene rings is 1. The lowest BCUT2D eigenvalue weighted by Gasteiger charge is -2.34. The number of hydrogen-bond acceptors (Lipinski definition) is 3. The lowest BCUT2D eigenvalue weighted by Crippen LogP contribution is -2.45. The first-order chi connectivity index (χ1) is 8.33. The van der Waals surface area contributed by atoms with E-state index in [0.717, 1.165) is 13.1 Å². The van der Waals surface area contributed by atoms with Crippen molar-refractivity contribution in [1.29, 1.82) is 0 Å². The second-order valence-electron chi connectivity index (χ2n) is 4.58. The summed E-state index contributed by atoms with van der Waals surface area (Å²) < 4.78 is 1.29. The number of unbranched alkanes of at least 4 members (excludes halogenated alkanes) is 1. The molecule has 0 aromatic carbocycles. The van der Waals surface area contributed by atoms with E-state index in [1.165, 1.54) is 41.7 Å². The van der Waals surface area contributed by atoms with E-state index in [1.54, 1.807) is 0 Å². The van der Waals surface area contributed by atoms with E-state index in [-0.39, 0.29) is 24.8 Å². The summed E-state index contributed by atoms with van der Waals surface area (Å²) in [4.78, 5) is 4.16. The van der Waals surface area contributed by atoms with Crippen LogP contribution in [-0.2, 0) is 0 Å². The minimum absolute atomic E-state index is 0. The van der Waals surface area contributed by atoms with E-state index in [4.69, 9.17) is 0 Å². The molecule has 0 saturated carbocycles. The minimum Gasteiger partial charge on any atom is -0.314 e. The average Bonchev–Trinajstić information content (AvgIpc) is 2.78. The standard InChI is InChI=1S/C13H21BrN2S.2ClH/c1-2-3-4-12(13-11(14)5-10-17-13)16-8-6-15-7-9-16;;/h5,10,12,15H,2-4,6-9H2,1H3;2*1H/t12-;;/m0../s1. The summed E-state index contributed by atoms with van der Waals surface area (Å²) in [7, 11) is 0. The Kier molecular flexibility index (Phi) is 10.8. The van der Waals surface area contributed by atoms with Gasteiger partial charge in [0, 0.05) is 41.6 Å². The summed E-state index contributed by atoms with van der Waals surface area (Å²) in [5, 5.41) is 5.63. The van der Waals surface area contributed by atoms with Crippen molar-refractivity contribution in [2.24, 2.45) is 0 Å². The second-order valence-corrected chi connectivity index (χ2v) is 6.38.